The predicted molar refractivity (Wildman–Crippen MR) is 130 cm³/mol. The van der Waals surface area contributed by atoms with Crippen molar-refractivity contribution in [3.8, 4) is 5.75 Å². The molecule has 170 valence electrons. The van der Waals surface area contributed by atoms with Gasteiger partial charge in [-0.05, 0) is 35.2 Å². The summed E-state index contributed by atoms with van der Waals surface area (Å²) in [6, 6.07) is 19.3. The van der Waals surface area contributed by atoms with Crippen LogP contribution in [0.5, 0.6) is 5.75 Å². The molecule has 0 aliphatic carbocycles. The molecule has 33 heavy (non-hydrogen) atoms. The van der Waals surface area contributed by atoms with Crippen molar-refractivity contribution in [2.24, 2.45) is 0 Å². The monoisotopic (exact) mass is 461 g/mol. The highest BCUT2D eigenvalue weighted by atomic mass is 32.1. The van der Waals surface area contributed by atoms with Crippen molar-refractivity contribution in [1.29, 1.82) is 0 Å². The van der Waals surface area contributed by atoms with Gasteiger partial charge in [0, 0.05) is 55.4 Å². The van der Waals surface area contributed by atoms with Gasteiger partial charge < -0.3 is 19.4 Å². The number of carbonyl (C=O) groups excluding carboxylic acids is 2. The van der Waals surface area contributed by atoms with E-state index in [0.29, 0.717) is 18.7 Å². The zero-order chi connectivity index (χ0) is 22.9. The first-order valence-corrected chi connectivity index (χ1v) is 12.0. The SMILES string of the molecule is COc1cccc(N2CCN(C(=O)[C@H]3c4ccccc4C(=O)N(C)[C@@H]3c3cccs3)CC2)c1. The number of fused-ring (bicyclic) bond motifs is 1. The van der Waals surface area contributed by atoms with Crippen molar-refractivity contribution in [2.75, 3.05) is 45.2 Å². The third-order valence-corrected chi connectivity index (χ3v) is 7.63. The summed E-state index contributed by atoms with van der Waals surface area (Å²) in [5, 5.41) is 2.00. The Morgan fingerprint density at radius 1 is 1.00 bits per heavy atom. The van der Waals surface area contributed by atoms with E-state index < -0.39 is 5.92 Å². The first-order chi connectivity index (χ1) is 16.1. The van der Waals surface area contributed by atoms with Crippen molar-refractivity contribution in [2.45, 2.75) is 12.0 Å². The second-order valence-corrected chi connectivity index (χ2v) is 9.43. The molecule has 0 saturated carbocycles. The van der Waals surface area contributed by atoms with Crippen LogP contribution in [-0.2, 0) is 4.79 Å². The number of carbonyl (C=O) groups is 2. The van der Waals surface area contributed by atoms with Crippen LogP contribution in [0.2, 0.25) is 0 Å². The number of likely N-dealkylation sites (N-methyl/N-ethyl adjacent to an activating group) is 1. The molecule has 0 bridgehead atoms. The molecule has 1 saturated heterocycles. The molecule has 0 radical (unpaired) electrons. The zero-order valence-electron chi connectivity index (χ0n) is 18.8. The quantitative estimate of drug-likeness (QED) is 0.589. The molecule has 3 aromatic rings. The first-order valence-electron chi connectivity index (χ1n) is 11.2. The lowest BCUT2D eigenvalue weighted by molar-refractivity contribution is -0.134. The van der Waals surface area contributed by atoms with Gasteiger partial charge in [-0.2, -0.15) is 0 Å². The lowest BCUT2D eigenvalue weighted by Gasteiger charge is -2.43. The molecule has 7 heteroatoms. The minimum atomic E-state index is -0.411. The molecule has 0 N–H and O–H groups in total. The van der Waals surface area contributed by atoms with Gasteiger partial charge in [-0.1, -0.05) is 30.3 Å². The highest BCUT2D eigenvalue weighted by Crippen LogP contribution is 2.44. The van der Waals surface area contributed by atoms with Crippen LogP contribution in [0.1, 0.15) is 32.8 Å². The van der Waals surface area contributed by atoms with Crippen LogP contribution in [0, 0.1) is 0 Å². The normalized spacial score (nSPS) is 20.5. The van der Waals surface area contributed by atoms with Gasteiger partial charge in [0.25, 0.3) is 5.91 Å². The number of nitrogens with zero attached hydrogens (tertiary/aromatic N) is 3. The largest absolute Gasteiger partial charge is 0.497 e. The summed E-state index contributed by atoms with van der Waals surface area (Å²) in [5.41, 5.74) is 2.56. The molecule has 5 rings (SSSR count). The number of rotatable bonds is 4. The fourth-order valence-electron chi connectivity index (χ4n) is 4.94. The van der Waals surface area contributed by atoms with E-state index in [0.717, 1.165) is 35.0 Å². The Labute approximate surface area is 198 Å². The van der Waals surface area contributed by atoms with Crippen molar-refractivity contribution < 1.29 is 14.3 Å². The number of methoxy groups -OCH3 is 1. The van der Waals surface area contributed by atoms with E-state index in [1.165, 1.54) is 0 Å². The minimum Gasteiger partial charge on any atom is -0.497 e. The molecule has 6 nitrogen and oxygen atoms in total. The molecule has 1 aromatic heterocycles. The maximum atomic E-state index is 14.0. The van der Waals surface area contributed by atoms with Crippen molar-refractivity contribution >= 4 is 28.8 Å². The summed E-state index contributed by atoms with van der Waals surface area (Å²) in [5.74, 6) is 0.476. The maximum Gasteiger partial charge on any atom is 0.254 e. The van der Waals surface area contributed by atoms with Crippen molar-refractivity contribution in [1.82, 2.24) is 9.80 Å². The van der Waals surface area contributed by atoms with E-state index >= 15 is 0 Å². The summed E-state index contributed by atoms with van der Waals surface area (Å²) in [6.07, 6.45) is 0. The van der Waals surface area contributed by atoms with Gasteiger partial charge in [-0.3, -0.25) is 9.59 Å². The number of amides is 2. The van der Waals surface area contributed by atoms with E-state index in [9.17, 15) is 9.59 Å². The second-order valence-electron chi connectivity index (χ2n) is 8.46. The highest BCUT2D eigenvalue weighted by molar-refractivity contribution is 7.10. The van der Waals surface area contributed by atoms with Crippen molar-refractivity contribution in [3.05, 3.63) is 82.0 Å². The van der Waals surface area contributed by atoms with Gasteiger partial charge in [0.15, 0.2) is 0 Å². The predicted octanol–water partition coefficient (Wildman–Crippen LogP) is 4.02. The minimum absolute atomic E-state index is 0.0316. The van der Waals surface area contributed by atoms with E-state index in [1.807, 2.05) is 71.9 Å². The average Bonchev–Trinajstić information content (AvgIpc) is 3.40. The molecular weight excluding hydrogens is 434 g/mol. The molecule has 0 unspecified atom stereocenters. The van der Waals surface area contributed by atoms with Gasteiger partial charge in [0.1, 0.15) is 5.75 Å². The van der Waals surface area contributed by atoms with E-state index in [4.69, 9.17) is 4.74 Å². The van der Waals surface area contributed by atoms with Gasteiger partial charge in [0.2, 0.25) is 5.91 Å². The number of piperazine rings is 1. The fraction of sp³-hybridized carbons (Fsp3) is 0.308. The van der Waals surface area contributed by atoms with Gasteiger partial charge in [0.05, 0.1) is 19.1 Å². The molecule has 2 atom stereocenters. The summed E-state index contributed by atoms with van der Waals surface area (Å²) in [6.45, 7) is 2.80. The Kier molecular flexibility index (Phi) is 5.81. The summed E-state index contributed by atoms with van der Waals surface area (Å²) >= 11 is 1.59. The fourth-order valence-corrected chi connectivity index (χ4v) is 5.85. The number of hydrogen-bond acceptors (Lipinski definition) is 5. The molecular formula is C26H27N3O3S. The van der Waals surface area contributed by atoms with Crippen LogP contribution in [0.25, 0.3) is 0 Å². The Morgan fingerprint density at radius 3 is 2.52 bits per heavy atom. The van der Waals surface area contributed by atoms with Crippen LogP contribution in [-0.4, -0.2) is 62.0 Å². The Hall–Kier alpha value is -3.32. The standard InChI is InChI=1S/C26H27N3O3S/c1-27-24(22-11-6-16-33-22)23(20-9-3-4-10-21(20)25(27)30)26(31)29-14-12-28(13-15-29)18-7-5-8-19(17-18)32-2/h3-11,16-17,23-24H,12-15H2,1-2H3/t23-,24+/m0/s1. The van der Waals surface area contributed by atoms with Crippen LogP contribution in [0.15, 0.2) is 66.0 Å². The summed E-state index contributed by atoms with van der Waals surface area (Å²) in [7, 11) is 3.48. The lowest BCUT2D eigenvalue weighted by Crippen LogP contribution is -2.53. The maximum absolute atomic E-state index is 14.0. The number of ether oxygens (including phenoxy) is 1. The van der Waals surface area contributed by atoms with Crippen LogP contribution < -0.4 is 9.64 Å². The molecule has 1 fully saturated rings. The lowest BCUT2D eigenvalue weighted by atomic mass is 9.81. The van der Waals surface area contributed by atoms with Crippen molar-refractivity contribution in [3.63, 3.8) is 0 Å². The second kappa shape index (κ2) is 8.90. The summed E-state index contributed by atoms with van der Waals surface area (Å²) < 4.78 is 5.36. The number of anilines is 1. The third-order valence-electron chi connectivity index (χ3n) is 6.69. The molecule has 0 spiro atoms. The smallest absolute Gasteiger partial charge is 0.254 e. The number of thiophene rings is 1. The Balaban J connectivity index is 1.42. The van der Waals surface area contributed by atoms with Gasteiger partial charge in [-0.15, -0.1) is 11.3 Å². The zero-order valence-corrected chi connectivity index (χ0v) is 19.6. The summed E-state index contributed by atoms with van der Waals surface area (Å²) in [4.78, 5) is 34.1. The van der Waals surface area contributed by atoms with Gasteiger partial charge in [-0.25, -0.2) is 0 Å². The first kappa shape index (κ1) is 21.5. The number of benzene rings is 2. The molecule has 2 aliphatic heterocycles. The van der Waals surface area contributed by atoms with Crippen LogP contribution in [0.3, 0.4) is 0 Å². The topological polar surface area (TPSA) is 53.1 Å². The van der Waals surface area contributed by atoms with E-state index in [2.05, 4.69) is 11.0 Å². The molecule has 2 aromatic carbocycles. The van der Waals surface area contributed by atoms with E-state index in [1.54, 1.807) is 23.3 Å². The van der Waals surface area contributed by atoms with Gasteiger partial charge >= 0.3 is 0 Å². The Morgan fingerprint density at radius 2 is 1.79 bits per heavy atom. The van der Waals surface area contributed by atoms with E-state index in [-0.39, 0.29) is 17.9 Å². The van der Waals surface area contributed by atoms with Crippen LogP contribution >= 0.6 is 11.3 Å². The third kappa shape index (κ3) is 3.86. The molecule has 2 amide bonds. The van der Waals surface area contributed by atoms with Crippen LogP contribution in [0.4, 0.5) is 5.69 Å². The Bertz CT molecular complexity index is 1160. The number of hydrogen-bond donors (Lipinski definition) is 0. The highest BCUT2D eigenvalue weighted by Gasteiger charge is 2.44. The molecule has 3 heterocycles. The average molecular weight is 462 g/mol. The molecule has 2 aliphatic rings.